The Kier molecular flexibility index (Phi) is 22.8. The van der Waals surface area contributed by atoms with E-state index in [1.165, 1.54) is 67.0 Å². The van der Waals surface area contributed by atoms with Crippen LogP contribution in [-0.2, 0) is 38.1 Å². The number of methoxy groups -OCH3 is 4. The lowest BCUT2D eigenvalue weighted by Gasteiger charge is -2.34. The maximum Gasteiger partial charge on any atom is 0.305 e. The van der Waals surface area contributed by atoms with Crippen molar-refractivity contribution in [3.05, 3.63) is 0 Å². The molecule has 224 valence electrons. The van der Waals surface area contributed by atoms with Gasteiger partial charge in [-0.2, -0.15) is 0 Å². The van der Waals surface area contributed by atoms with Gasteiger partial charge in [0, 0.05) is 25.7 Å². The molecule has 0 aromatic carbocycles. The van der Waals surface area contributed by atoms with Crippen molar-refractivity contribution in [2.24, 2.45) is 10.8 Å². The highest BCUT2D eigenvalue weighted by molar-refractivity contribution is 5.70. The molecule has 0 rings (SSSR count). The topological polar surface area (TPSA) is 105 Å². The van der Waals surface area contributed by atoms with Gasteiger partial charge in [0.15, 0.2) is 0 Å². The van der Waals surface area contributed by atoms with Crippen molar-refractivity contribution in [1.82, 2.24) is 0 Å². The zero-order valence-electron chi connectivity index (χ0n) is 25.6. The van der Waals surface area contributed by atoms with E-state index < -0.39 is 0 Å². The van der Waals surface area contributed by atoms with Gasteiger partial charge in [-0.05, 0) is 62.2 Å². The van der Waals surface area contributed by atoms with E-state index in [0.29, 0.717) is 43.9 Å². The van der Waals surface area contributed by atoms with E-state index in [-0.39, 0.29) is 55.0 Å². The van der Waals surface area contributed by atoms with Crippen LogP contribution in [0.15, 0.2) is 0 Å². The van der Waals surface area contributed by atoms with Gasteiger partial charge < -0.3 is 18.9 Å². The van der Waals surface area contributed by atoms with Crippen molar-refractivity contribution in [2.75, 3.05) is 28.4 Å². The lowest BCUT2D eigenvalue weighted by atomic mass is 9.71. The number of carbonyl (C=O) groups is 4. The maximum absolute atomic E-state index is 11.6. The lowest BCUT2D eigenvalue weighted by Crippen LogP contribution is -2.25. The quantitative estimate of drug-likeness (QED) is 0.120. The van der Waals surface area contributed by atoms with Gasteiger partial charge in [-0.25, -0.2) is 0 Å². The normalized spacial score (nSPS) is 11.2. The van der Waals surface area contributed by atoms with Gasteiger partial charge in [0.2, 0.25) is 0 Å². The van der Waals surface area contributed by atoms with Gasteiger partial charge in [-0.1, -0.05) is 53.4 Å². The fourth-order valence-electron chi connectivity index (χ4n) is 5.25. The first kappa shape index (κ1) is 38.0. The number of carbonyl (C=O) groups excluding carboxylic acids is 4. The Morgan fingerprint density at radius 1 is 0.447 bits per heavy atom. The molecule has 0 radical (unpaired) electrons. The minimum Gasteiger partial charge on any atom is -0.469 e. The molecule has 8 nitrogen and oxygen atoms in total. The van der Waals surface area contributed by atoms with Crippen molar-refractivity contribution < 1.29 is 38.1 Å². The van der Waals surface area contributed by atoms with Gasteiger partial charge in [0.25, 0.3) is 0 Å². The number of rotatable bonds is 20. The largest absolute Gasteiger partial charge is 0.469 e. The third-order valence-electron chi connectivity index (χ3n) is 7.87. The molecule has 0 aromatic heterocycles. The van der Waals surface area contributed by atoms with Crippen LogP contribution in [0.5, 0.6) is 0 Å². The molecule has 0 bridgehead atoms. The van der Waals surface area contributed by atoms with E-state index in [9.17, 15) is 19.2 Å². The number of hydrogen-bond acceptors (Lipinski definition) is 8. The van der Waals surface area contributed by atoms with E-state index in [2.05, 4.69) is 37.2 Å². The summed E-state index contributed by atoms with van der Waals surface area (Å²) >= 11 is 0. The lowest BCUT2D eigenvalue weighted by molar-refractivity contribution is -0.144. The van der Waals surface area contributed by atoms with Crippen molar-refractivity contribution in [1.29, 1.82) is 0 Å². The molecule has 0 aliphatic rings. The van der Waals surface area contributed by atoms with Crippen LogP contribution in [0.2, 0.25) is 0 Å². The summed E-state index contributed by atoms with van der Waals surface area (Å²) in [4.78, 5) is 46.2. The summed E-state index contributed by atoms with van der Waals surface area (Å²) in [6.07, 6.45) is 12.6. The molecule has 0 aliphatic carbocycles. The van der Waals surface area contributed by atoms with Crippen LogP contribution in [0, 0.1) is 10.8 Å². The summed E-state index contributed by atoms with van der Waals surface area (Å²) in [5, 5.41) is 0. The van der Waals surface area contributed by atoms with Crippen LogP contribution < -0.4 is 0 Å². The van der Waals surface area contributed by atoms with E-state index in [1.54, 1.807) is 0 Å². The Balaban J connectivity index is 0. The van der Waals surface area contributed by atoms with E-state index in [0.717, 1.165) is 0 Å². The second-order valence-electron chi connectivity index (χ2n) is 10.2. The minimum absolute atomic E-state index is 0.203. The highest BCUT2D eigenvalue weighted by Gasteiger charge is 2.31. The molecule has 0 N–H and O–H groups in total. The van der Waals surface area contributed by atoms with Gasteiger partial charge in [0.05, 0.1) is 28.4 Å². The van der Waals surface area contributed by atoms with Crippen LogP contribution in [0.1, 0.15) is 130 Å². The molecule has 0 heterocycles. The average molecular weight is 545 g/mol. The monoisotopic (exact) mass is 544 g/mol. The second kappa shape index (κ2) is 22.8. The standard InChI is InChI=1S/C19H32O8.C11H24/c1-24-15(20)7-5-11-19(13-9-17(22)26-3,14-10-18(23)27-4)12-6-8-16(21)25-2;1-5-9-11(7-3,8-4)10-6-2/h5-14H2,1-4H3;5-10H2,1-4H3. The summed E-state index contributed by atoms with van der Waals surface area (Å²) < 4.78 is 18.8. The Hall–Kier alpha value is -2.12. The fourth-order valence-corrected chi connectivity index (χ4v) is 5.25. The summed E-state index contributed by atoms with van der Waals surface area (Å²) in [6.45, 7) is 9.29. The Labute approximate surface area is 231 Å². The van der Waals surface area contributed by atoms with Gasteiger partial charge in [0.1, 0.15) is 0 Å². The maximum atomic E-state index is 11.6. The molecule has 0 unspecified atom stereocenters. The number of esters is 4. The van der Waals surface area contributed by atoms with Crippen molar-refractivity contribution in [2.45, 2.75) is 130 Å². The number of hydrogen-bond donors (Lipinski definition) is 0. The molecular formula is C30H56O8. The van der Waals surface area contributed by atoms with E-state index >= 15 is 0 Å². The average Bonchev–Trinajstić information content (AvgIpc) is 2.94. The Morgan fingerprint density at radius 2 is 0.763 bits per heavy atom. The predicted molar refractivity (Wildman–Crippen MR) is 149 cm³/mol. The summed E-state index contributed by atoms with van der Waals surface area (Å²) in [7, 11) is 5.32. The van der Waals surface area contributed by atoms with Gasteiger partial charge in [-0.15, -0.1) is 0 Å². The smallest absolute Gasteiger partial charge is 0.305 e. The van der Waals surface area contributed by atoms with Gasteiger partial charge in [-0.3, -0.25) is 19.2 Å². The number of ether oxygens (including phenoxy) is 4. The zero-order chi connectivity index (χ0) is 29.5. The van der Waals surface area contributed by atoms with Crippen LogP contribution in [0.25, 0.3) is 0 Å². The molecule has 0 aliphatic heterocycles. The zero-order valence-corrected chi connectivity index (χ0v) is 25.6. The molecule has 0 atom stereocenters. The van der Waals surface area contributed by atoms with Crippen LogP contribution >= 0.6 is 0 Å². The van der Waals surface area contributed by atoms with Crippen molar-refractivity contribution >= 4 is 23.9 Å². The second-order valence-corrected chi connectivity index (χ2v) is 10.2. The summed E-state index contributed by atoms with van der Waals surface area (Å²) in [5.74, 6) is -1.28. The fraction of sp³-hybridized carbons (Fsp3) is 0.867. The third kappa shape index (κ3) is 17.4. The predicted octanol–water partition coefficient (Wildman–Crippen LogP) is 6.96. The van der Waals surface area contributed by atoms with Gasteiger partial charge >= 0.3 is 23.9 Å². The van der Waals surface area contributed by atoms with Crippen LogP contribution in [-0.4, -0.2) is 52.3 Å². The Bertz CT molecular complexity index is 603. The first-order valence-corrected chi connectivity index (χ1v) is 14.3. The SMILES string of the molecule is CCCC(CC)(CC)CCC.COC(=O)CCCC(CCCC(=O)OC)(CCC(=O)OC)CCC(=O)OC. The molecule has 38 heavy (non-hydrogen) atoms. The van der Waals surface area contributed by atoms with Crippen molar-refractivity contribution in [3.63, 3.8) is 0 Å². The summed E-state index contributed by atoms with van der Waals surface area (Å²) in [6, 6.07) is 0. The Morgan fingerprint density at radius 3 is 1.03 bits per heavy atom. The summed E-state index contributed by atoms with van der Waals surface area (Å²) in [5.41, 5.74) is 0.300. The first-order valence-electron chi connectivity index (χ1n) is 14.3. The third-order valence-corrected chi connectivity index (χ3v) is 7.87. The molecule has 0 spiro atoms. The van der Waals surface area contributed by atoms with Crippen molar-refractivity contribution in [3.8, 4) is 0 Å². The van der Waals surface area contributed by atoms with Crippen LogP contribution in [0.3, 0.4) is 0 Å². The molecule has 0 fully saturated rings. The molecule has 8 heteroatoms. The van der Waals surface area contributed by atoms with Crippen LogP contribution in [0.4, 0.5) is 0 Å². The molecule has 0 saturated heterocycles. The van der Waals surface area contributed by atoms with E-state index in [1.807, 2.05) is 0 Å². The first-order chi connectivity index (χ1) is 18.1. The molecule has 0 aromatic rings. The highest BCUT2D eigenvalue weighted by Crippen LogP contribution is 2.41. The molecule has 0 saturated carbocycles. The molecular weight excluding hydrogens is 488 g/mol. The minimum atomic E-state index is -0.385. The highest BCUT2D eigenvalue weighted by atomic mass is 16.5. The van der Waals surface area contributed by atoms with E-state index in [4.69, 9.17) is 9.47 Å². The molecule has 0 amide bonds.